The fourth-order valence-electron chi connectivity index (χ4n) is 2.65. The van der Waals surface area contributed by atoms with Crippen molar-refractivity contribution in [1.29, 1.82) is 0 Å². The number of benzene rings is 1. The van der Waals surface area contributed by atoms with Crippen molar-refractivity contribution in [1.82, 2.24) is 5.32 Å². The highest BCUT2D eigenvalue weighted by Gasteiger charge is 2.51. The summed E-state index contributed by atoms with van der Waals surface area (Å²) in [6, 6.07) is 10.8. The predicted molar refractivity (Wildman–Crippen MR) is 83.7 cm³/mol. The van der Waals surface area contributed by atoms with Gasteiger partial charge in [-0.1, -0.05) is 23.7 Å². The van der Waals surface area contributed by atoms with Gasteiger partial charge in [0.15, 0.2) is 0 Å². The summed E-state index contributed by atoms with van der Waals surface area (Å²) >= 11 is 6.02. The zero-order valence-corrected chi connectivity index (χ0v) is 13.1. The molecule has 0 saturated heterocycles. The molecule has 0 aliphatic heterocycles. The molecule has 1 unspecified atom stereocenters. The third-order valence-electron chi connectivity index (χ3n) is 4.21. The van der Waals surface area contributed by atoms with E-state index >= 15 is 0 Å². The molecule has 0 spiro atoms. The second kappa shape index (κ2) is 5.45. The van der Waals surface area contributed by atoms with Gasteiger partial charge in [-0.05, 0) is 49.6 Å². The monoisotopic (exact) mass is 319 g/mol. The van der Waals surface area contributed by atoms with Crippen molar-refractivity contribution >= 4 is 17.5 Å². The average Bonchev–Trinajstić information content (AvgIpc) is 3.11. The van der Waals surface area contributed by atoms with Gasteiger partial charge >= 0.3 is 0 Å². The number of rotatable bonds is 5. The van der Waals surface area contributed by atoms with Crippen LogP contribution in [0.1, 0.15) is 31.1 Å². The van der Waals surface area contributed by atoms with Gasteiger partial charge in [-0.2, -0.15) is 0 Å². The molecule has 1 saturated carbocycles. The summed E-state index contributed by atoms with van der Waals surface area (Å²) in [6.45, 7) is 1.72. The Kier molecular flexibility index (Phi) is 3.75. The first-order valence-corrected chi connectivity index (χ1v) is 7.63. The van der Waals surface area contributed by atoms with E-state index in [1.54, 1.807) is 25.1 Å². The van der Waals surface area contributed by atoms with Crippen molar-refractivity contribution in [2.75, 3.05) is 6.54 Å². The van der Waals surface area contributed by atoms with E-state index in [1.165, 1.54) is 6.26 Å². The standard InChI is InChI=1S/C17H18ClNO3/c1-16(21,14-6-3-9-22-14)11-19-15(20)17(7-8-17)12-4-2-5-13(18)10-12/h2-6,9-10,21H,7-8,11H2,1H3,(H,19,20). The van der Waals surface area contributed by atoms with Crippen molar-refractivity contribution in [2.45, 2.75) is 30.8 Å². The Hall–Kier alpha value is -1.78. The minimum absolute atomic E-state index is 0.0819. The van der Waals surface area contributed by atoms with Crippen LogP contribution in [0, 0.1) is 0 Å². The van der Waals surface area contributed by atoms with Crippen LogP contribution in [0.15, 0.2) is 47.1 Å². The molecule has 5 heteroatoms. The first-order chi connectivity index (χ1) is 10.4. The molecule has 1 atom stereocenters. The highest BCUT2D eigenvalue weighted by Crippen LogP contribution is 2.48. The van der Waals surface area contributed by atoms with Crippen LogP contribution in [-0.4, -0.2) is 17.6 Å². The van der Waals surface area contributed by atoms with E-state index in [2.05, 4.69) is 5.32 Å². The van der Waals surface area contributed by atoms with Crippen LogP contribution in [0.25, 0.3) is 0 Å². The SMILES string of the molecule is CC(O)(CNC(=O)C1(c2cccc(Cl)c2)CC1)c1ccco1. The first kappa shape index (κ1) is 15.1. The number of aliphatic hydroxyl groups is 1. The van der Waals surface area contributed by atoms with Crippen molar-refractivity contribution < 1.29 is 14.3 Å². The van der Waals surface area contributed by atoms with Gasteiger partial charge in [0.2, 0.25) is 5.91 Å². The van der Waals surface area contributed by atoms with Crippen molar-refractivity contribution in [3.05, 3.63) is 59.0 Å². The van der Waals surface area contributed by atoms with E-state index in [4.69, 9.17) is 16.0 Å². The summed E-state index contributed by atoms with van der Waals surface area (Å²) in [5.41, 5.74) is -0.816. The molecule has 4 nitrogen and oxygen atoms in total. The summed E-state index contributed by atoms with van der Waals surface area (Å²) in [7, 11) is 0. The maximum Gasteiger partial charge on any atom is 0.230 e. The summed E-state index contributed by atoms with van der Waals surface area (Å²) in [6.07, 6.45) is 3.09. The second-order valence-electron chi connectivity index (χ2n) is 6.03. The molecule has 1 aliphatic rings. The molecule has 2 N–H and O–H groups in total. The fraction of sp³-hybridized carbons (Fsp3) is 0.353. The minimum Gasteiger partial charge on any atom is -0.466 e. The number of hydrogen-bond acceptors (Lipinski definition) is 3. The van der Waals surface area contributed by atoms with Gasteiger partial charge in [0.05, 0.1) is 18.2 Å². The molecule has 1 aliphatic carbocycles. The van der Waals surface area contributed by atoms with Crippen LogP contribution in [0.5, 0.6) is 0 Å². The van der Waals surface area contributed by atoms with Crippen molar-refractivity contribution in [2.24, 2.45) is 0 Å². The van der Waals surface area contributed by atoms with Gasteiger partial charge in [0, 0.05) is 5.02 Å². The summed E-state index contributed by atoms with van der Waals surface area (Å²) in [4.78, 5) is 12.6. The lowest BCUT2D eigenvalue weighted by atomic mass is 9.94. The largest absolute Gasteiger partial charge is 0.466 e. The molecular weight excluding hydrogens is 302 g/mol. The summed E-state index contributed by atoms with van der Waals surface area (Å²) in [5.74, 6) is 0.349. The second-order valence-corrected chi connectivity index (χ2v) is 6.46. The van der Waals surface area contributed by atoms with Gasteiger partial charge < -0.3 is 14.8 Å². The lowest BCUT2D eigenvalue weighted by Gasteiger charge is -2.23. The highest BCUT2D eigenvalue weighted by molar-refractivity contribution is 6.30. The van der Waals surface area contributed by atoms with E-state index < -0.39 is 11.0 Å². The lowest BCUT2D eigenvalue weighted by Crippen LogP contribution is -2.43. The van der Waals surface area contributed by atoms with Crippen LogP contribution >= 0.6 is 11.6 Å². The molecule has 1 aromatic heterocycles. The number of nitrogens with one attached hydrogen (secondary N) is 1. The first-order valence-electron chi connectivity index (χ1n) is 7.25. The fourth-order valence-corrected chi connectivity index (χ4v) is 2.84. The smallest absolute Gasteiger partial charge is 0.230 e. The number of halogens is 1. The molecule has 22 heavy (non-hydrogen) atoms. The van der Waals surface area contributed by atoms with E-state index in [-0.39, 0.29) is 12.5 Å². The van der Waals surface area contributed by atoms with Crippen LogP contribution in [0.3, 0.4) is 0 Å². The third-order valence-corrected chi connectivity index (χ3v) is 4.44. The Morgan fingerprint density at radius 2 is 2.18 bits per heavy atom. The molecule has 1 aromatic carbocycles. The van der Waals surface area contributed by atoms with Crippen LogP contribution in [0.2, 0.25) is 5.02 Å². The van der Waals surface area contributed by atoms with E-state index in [0.717, 1.165) is 18.4 Å². The molecule has 3 rings (SSSR count). The van der Waals surface area contributed by atoms with E-state index in [9.17, 15) is 9.90 Å². The lowest BCUT2D eigenvalue weighted by molar-refractivity contribution is -0.125. The molecule has 2 aromatic rings. The van der Waals surface area contributed by atoms with Gasteiger partial charge in [-0.3, -0.25) is 4.79 Å². The Labute approximate surface area is 134 Å². The molecule has 116 valence electrons. The molecule has 1 fully saturated rings. The van der Waals surface area contributed by atoms with Gasteiger partial charge in [0.25, 0.3) is 0 Å². The maximum absolute atomic E-state index is 12.6. The van der Waals surface area contributed by atoms with Crippen LogP contribution in [0.4, 0.5) is 0 Å². The average molecular weight is 320 g/mol. The summed E-state index contributed by atoms with van der Waals surface area (Å²) < 4.78 is 5.21. The molecule has 0 radical (unpaired) electrons. The van der Waals surface area contributed by atoms with Crippen molar-refractivity contribution in [3.63, 3.8) is 0 Å². The number of hydrogen-bond donors (Lipinski definition) is 2. The zero-order chi connectivity index (χ0) is 15.8. The number of carbonyl (C=O) groups is 1. The van der Waals surface area contributed by atoms with Crippen molar-refractivity contribution in [3.8, 4) is 0 Å². The number of furan rings is 1. The van der Waals surface area contributed by atoms with Gasteiger partial charge in [-0.15, -0.1) is 0 Å². The zero-order valence-electron chi connectivity index (χ0n) is 12.3. The molecule has 1 heterocycles. The van der Waals surface area contributed by atoms with Gasteiger partial charge in [0.1, 0.15) is 11.4 Å². The topological polar surface area (TPSA) is 62.5 Å². The molecule has 0 bridgehead atoms. The van der Waals surface area contributed by atoms with E-state index in [0.29, 0.717) is 10.8 Å². The van der Waals surface area contributed by atoms with Crippen LogP contribution in [-0.2, 0) is 15.8 Å². The Balaban J connectivity index is 1.70. The molecular formula is C17H18ClNO3. The number of carbonyl (C=O) groups excluding carboxylic acids is 1. The Morgan fingerprint density at radius 1 is 1.41 bits per heavy atom. The van der Waals surface area contributed by atoms with Crippen LogP contribution < -0.4 is 5.32 Å². The number of amides is 1. The Morgan fingerprint density at radius 3 is 2.77 bits per heavy atom. The predicted octanol–water partition coefficient (Wildman–Crippen LogP) is 2.99. The van der Waals surface area contributed by atoms with E-state index in [1.807, 2.05) is 18.2 Å². The quantitative estimate of drug-likeness (QED) is 0.890. The Bertz CT molecular complexity index is 675. The molecule has 1 amide bonds. The summed E-state index contributed by atoms with van der Waals surface area (Å²) in [5, 5.41) is 13.9. The minimum atomic E-state index is -1.23. The third kappa shape index (κ3) is 2.76. The van der Waals surface area contributed by atoms with Gasteiger partial charge in [-0.25, -0.2) is 0 Å². The highest BCUT2D eigenvalue weighted by atomic mass is 35.5. The maximum atomic E-state index is 12.6. The normalized spacial score (nSPS) is 18.5.